The van der Waals surface area contributed by atoms with Gasteiger partial charge in [-0.2, -0.15) is 0 Å². The number of nitrogens with zero attached hydrogens (tertiary/aromatic N) is 1. The molecular weight excluding hydrogens is 268 g/mol. The molecule has 3 nitrogen and oxygen atoms in total. The third-order valence-electron chi connectivity index (χ3n) is 4.07. The SMILES string of the molecule is COC1CCC(NC2=NC(Cc3ccccc3)CS2)C1. The summed E-state index contributed by atoms with van der Waals surface area (Å²) in [6, 6.07) is 11.6. The van der Waals surface area contributed by atoms with Crippen molar-refractivity contribution in [3.8, 4) is 0 Å². The normalized spacial score (nSPS) is 29.4. The number of rotatable bonds is 4. The average molecular weight is 290 g/mol. The number of hydrogen-bond donors (Lipinski definition) is 1. The summed E-state index contributed by atoms with van der Waals surface area (Å²) in [5.74, 6) is 1.09. The molecule has 108 valence electrons. The molecule has 0 bridgehead atoms. The molecule has 0 radical (unpaired) electrons. The second-order valence-electron chi connectivity index (χ2n) is 5.60. The molecular formula is C16H22N2OS. The van der Waals surface area contributed by atoms with E-state index < -0.39 is 0 Å². The maximum atomic E-state index is 5.42. The fourth-order valence-electron chi connectivity index (χ4n) is 2.95. The van der Waals surface area contributed by atoms with Crippen LogP contribution >= 0.6 is 11.8 Å². The third-order valence-corrected chi connectivity index (χ3v) is 5.12. The quantitative estimate of drug-likeness (QED) is 0.926. The lowest BCUT2D eigenvalue weighted by molar-refractivity contribution is 0.107. The summed E-state index contributed by atoms with van der Waals surface area (Å²) in [4.78, 5) is 4.83. The van der Waals surface area contributed by atoms with Gasteiger partial charge in [-0.1, -0.05) is 42.1 Å². The van der Waals surface area contributed by atoms with Crippen LogP contribution < -0.4 is 5.32 Å². The van der Waals surface area contributed by atoms with Gasteiger partial charge >= 0.3 is 0 Å². The Morgan fingerprint density at radius 3 is 2.90 bits per heavy atom. The number of benzene rings is 1. The highest BCUT2D eigenvalue weighted by atomic mass is 32.2. The number of aliphatic imine (C=N–C) groups is 1. The van der Waals surface area contributed by atoms with Gasteiger partial charge in [-0.25, -0.2) is 0 Å². The Labute approximate surface area is 125 Å². The van der Waals surface area contributed by atoms with E-state index in [2.05, 4.69) is 35.6 Å². The maximum absolute atomic E-state index is 5.42. The molecule has 0 saturated heterocycles. The van der Waals surface area contributed by atoms with Gasteiger partial charge < -0.3 is 10.1 Å². The fraction of sp³-hybridized carbons (Fsp3) is 0.562. The van der Waals surface area contributed by atoms with E-state index in [0.717, 1.165) is 23.8 Å². The zero-order valence-electron chi connectivity index (χ0n) is 11.9. The fourth-order valence-corrected chi connectivity index (χ4v) is 3.96. The second kappa shape index (κ2) is 6.64. The lowest BCUT2D eigenvalue weighted by atomic mass is 10.1. The second-order valence-corrected chi connectivity index (χ2v) is 6.61. The first kappa shape index (κ1) is 14.0. The lowest BCUT2D eigenvalue weighted by Crippen LogP contribution is -2.30. The van der Waals surface area contributed by atoms with Gasteiger partial charge in [0.1, 0.15) is 0 Å². The minimum atomic E-state index is 0.421. The van der Waals surface area contributed by atoms with E-state index in [1.165, 1.54) is 18.4 Å². The molecule has 1 aliphatic carbocycles. The summed E-state index contributed by atoms with van der Waals surface area (Å²) >= 11 is 1.86. The predicted molar refractivity (Wildman–Crippen MR) is 85.4 cm³/mol. The first-order chi connectivity index (χ1) is 9.83. The molecule has 1 N–H and O–H groups in total. The molecule has 3 rings (SSSR count). The van der Waals surface area contributed by atoms with Gasteiger partial charge in [0.15, 0.2) is 5.17 Å². The van der Waals surface area contributed by atoms with Crippen LogP contribution in [0.15, 0.2) is 35.3 Å². The molecule has 2 aliphatic rings. The van der Waals surface area contributed by atoms with Gasteiger partial charge in [0.05, 0.1) is 12.1 Å². The van der Waals surface area contributed by atoms with Crippen molar-refractivity contribution in [2.24, 2.45) is 4.99 Å². The van der Waals surface area contributed by atoms with Crippen molar-refractivity contribution >= 4 is 16.9 Å². The summed E-state index contributed by atoms with van der Waals surface area (Å²) in [5.41, 5.74) is 1.38. The summed E-state index contributed by atoms with van der Waals surface area (Å²) in [5, 5.41) is 4.72. The van der Waals surface area contributed by atoms with Crippen LogP contribution in [0.4, 0.5) is 0 Å². The molecule has 4 heteroatoms. The van der Waals surface area contributed by atoms with Gasteiger partial charge in [0, 0.05) is 18.9 Å². The van der Waals surface area contributed by atoms with Crippen molar-refractivity contribution < 1.29 is 4.74 Å². The molecule has 3 unspecified atom stereocenters. The molecule has 3 atom stereocenters. The first-order valence-electron chi connectivity index (χ1n) is 7.37. The van der Waals surface area contributed by atoms with Gasteiger partial charge in [-0.3, -0.25) is 4.99 Å². The molecule has 1 saturated carbocycles. The van der Waals surface area contributed by atoms with Crippen molar-refractivity contribution in [2.45, 2.75) is 43.9 Å². The zero-order valence-corrected chi connectivity index (χ0v) is 12.7. The molecule has 0 aromatic heterocycles. The minimum absolute atomic E-state index is 0.421. The van der Waals surface area contributed by atoms with Gasteiger partial charge in [0.2, 0.25) is 0 Å². The maximum Gasteiger partial charge on any atom is 0.157 e. The van der Waals surface area contributed by atoms with Crippen molar-refractivity contribution in [3.63, 3.8) is 0 Å². The molecule has 20 heavy (non-hydrogen) atoms. The summed E-state index contributed by atoms with van der Waals surface area (Å²) < 4.78 is 5.42. The van der Waals surface area contributed by atoms with E-state index in [-0.39, 0.29) is 0 Å². The molecule has 1 fully saturated rings. The van der Waals surface area contributed by atoms with Crippen LogP contribution in [0.25, 0.3) is 0 Å². The Kier molecular flexibility index (Phi) is 4.63. The van der Waals surface area contributed by atoms with E-state index in [9.17, 15) is 0 Å². The van der Waals surface area contributed by atoms with Gasteiger partial charge in [-0.15, -0.1) is 0 Å². The Bertz CT molecular complexity index is 463. The van der Waals surface area contributed by atoms with Gasteiger partial charge in [-0.05, 0) is 31.2 Å². The van der Waals surface area contributed by atoms with E-state index in [0.29, 0.717) is 18.2 Å². The Hall–Kier alpha value is -1.00. The van der Waals surface area contributed by atoms with Crippen LogP contribution in [0.3, 0.4) is 0 Å². The smallest absolute Gasteiger partial charge is 0.157 e. The molecule has 1 aromatic rings. The van der Waals surface area contributed by atoms with E-state index in [1.807, 2.05) is 18.9 Å². The lowest BCUT2D eigenvalue weighted by Gasteiger charge is -2.13. The number of amidine groups is 1. The zero-order chi connectivity index (χ0) is 13.8. The molecule has 1 aromatic carbocycles. The van der Waals surface area contributed by atoms with Crippen LogP contribution in [-0.4, -0.2) is 36.2 Å². The van der Waals surface area contributed by atoms with Crippen molar-refractivity contribution in [3.05, 3.63) is 35.9 Å². The van der Waals surface area contributed by atoms with Crippen LogP contribution in [0.5, 0.6) is 0 Å². The Morgan fingerprint density at radius 2 is 2.15 bits per heavy atom. The van der Waals surface area contributed by atoms with Crippen molar-refractivity contribution in [1.82, 2.24) is 5.32 Å². The number of methoxy groups -OCH3 is 1. The average Bonchev–Trinajstić information content (AvgIpc) is 3.10. The van der Waals surface area contributed by atoms with Crippen LogP contribution in [0.1, 0.15) is 24.8 Å². The van der Waals surface area contributed by atoms with Crippen LogP contribution in [0, 0.1) is 0 Å². The van der Waals surface area contributed by atoms with Gasteiger partial charge in [0.25, 0.3) is 0 Å². The van der Waals surface area contributed by atoms with Crippen molar-refractivity contribution in [1.29, 1.82) is 0 Å². The molecule has 1 heterocycles. The number of thioether (sulfide) groups is 1. The summed E-state index contributed by atoms with van der Waals surface area (Å²) in [6.07, 6.45) is 4.95. The Morgan fingerprint density at radius 1 is 1.30 bits per heavy atom. The largest absolute Gasteiger partial charge is 0.381 e. The predicted octanol–water partition coefficient (Wildman–Crippen LogP) is 2.86. The number of ether oxygens (including phenoxy) is 1. The third kappa shape index (κ3) is 3.55. The number of nitrogens with one attached hydrogen (secondary N) is 1. The monoisotopic (exact) mass is 290 g/mol. The Balaban J connectivity index is 1.51. The topological polar surface area (TPSA) is 33.6 Å². The van der Waals surface area contributed by atoms with E-state index in [4.69, 9.17) is 9.73 Å². The standard InChI is InChI=1S/C16H22N2OS/c1-19-15-8-7-13(10-15)17-16-18-14(11-20-16)9-12-5-3-2-4-6-12/h2-6,13-15H,7-11H2,1H3,(H,17,18). The summed E-state index contributed by atoms with van der Waals surface area (Å²) in [7, 11) is 1.81. The highest BCUT2D eigenvalue weighted by Crippen LogP contribution is 2.25. The van der Waals surface area contributed by atoms with Crippen LogP contribution in [-0.2, 0) is 11.2 Å². The summed E-state index contributed by atoms with van der Waals surface area (Å²) in [6.45, 7) is 0. The van der Waals surface area contributed by atoms with E-state index in [1.54, 1.807) is 0 Å². The van der Waals surface area contributed by atoms with E-state index >= 15 is 0 Å². The number of hydrogen-bond acceptors (Lipinski definition) is 4. The van der Waals surface area contributed by atoms with Crippen molar-refractivity contribution in [2.75, 3.05) is 12.9 Å². The first-order valence-corrected chi connectivity index (χ1v) is 8.36. The molecule has 0 amide bonds. The van der Waals surface area contributed by atoms with Crippen LogP contribution in [0.2, 0.25) is 0 Å². The highest BCUT2D eigenvalue weighted by Gasteiger charge is 2.27. The molecule has 1 aliphatic heterocycles. The molecule has 0 spiro atoms. The minimum Gasteiger partial charge on any atom is -0.381 e. The highest BCUT2D eigenvalue weighted by molar-refractivity contribution is 8.14.